The van der Waals surface area contributed by atoms with E-state index in [1.54, 1.807) is 7.11 Å². The molecule has 0 radical (unpaired) electrons. The van der Waals surface area contributed by atoms with Gasteiger partial charge in [-0.1, -0.05) is 6.07 Å². The molecule has 0 fully saturated rings. The summed E-state index contributed by atoms with van der Waals surface area (Å²) in [6, 6.07) is 6.30. The van der Waals surface area contributed by atoms with Crippen molar-refractivity contribution in [2.75, 3.05) is 7.11 Å². The normalized spacial score (nSPS) is 12.2. The highest BCUT2D eigenvalue weighted by atomic mass is 32.1. The number of methoxy groups -OCH3 is 1. The third-order valence-electron chi connectivity index (χ3n) is 3.02. The van der Waals surface area contributed by atoms with E-state index in [1.807, 2.05) is 0 Å². The third kappa shape index (κ3) is 2.42. The molecule has 0 atom stereocenters. The second-order valence-corrected chi connectivity index (χ2v) is 5.39. The summed E-state index contributed by atoms with van der Waals surface area (Å²) in [6.45, 7) is 6.94. The van der Waals surface area contributed by atoms with Crippen LogP contribution in [0.3, 0.4) is 0 Å². The van der Waals surface area contributed by atoms with Crippen LogP contribution < -0.4 is 0 Å². The first kappa shape index (κ1) is 12.3. The predicted molar refractivity (Wildman–Crippen MR) is 72.9 cm³/mol. The van der Waals surface area contributed by atoms with E-state index in [9.17, 15) is 0 Å². The van der Waals surface area contributed by atoms with Gasteiger partial charge < -0.3 is 14.3 Å². The molecular weight excluding hydrogens is 232 g/mol. The van der Waals surface area contributed by atoms with Crippen LogP contribution in [0.2, 0.25) is 0 Å². The van der Waals surface area contributed by atoms with Gasteiger partial charge in [-0.15, -0.1) is 0 Å². The van der Waals surface area contributed by atoms with Crippen LogP contribution in [0.15, 0.2) is 18.2 Å². The fourth-order valence-corrected chi connectivity index (χ4v) is 2.14. The van der Waals surface area contributed by atoms with E-state index in [0.717, 1.165) is 22.3 Å². The van der Waals surface area contributed by atoms with Gasteiger partial charge >= 0.3 is 0 Å². The Morgan fingerprint density at radius 1 is 1.41 bits per heavy atom. The lowest BCUT2D eigenvalue weighted by molar-refractivity contribution is 0.00873. The highest BCUT2D eigenvalue weighted by Gasteiger charge is 2.19. The molecule has 17 heavy (non-hydrogen) atoms. The number of imidazole rings is 1. The summed E-state index contributed by atoms with van der Waals surface area (Å²) in [5.74, 6) is 0. The first-order chi connectivity index (χ1) is 7.93. The highest BCUT2D eigenvalue weighted by Crippen LogP contribution is 2.20. The number of fused-ring (bicyclic) bond motifs is 1. The van der Waals surface area contributed by atoms with Gasteiger partial charge in [0.15, 0.2) is 4.77 Å². The number of hydrogen-bond acceptors (Lipinski definition) is 2. The molecule has 1 aromatic carbocycles. The largest absolute Gasteiger partial charge is 0.377 e. The molecule has 0 saturated heterocycles. The molecule has 2 aromatic rings. The van der Waals surface area contributed by atoms with Crippen LogP contribution in [-0.2, 0) is 11.3 Å². The second-order valence-electron chi connectivity index (χ2n) is 5.00. The summed E-state index contributed by atoms with van der Waals surface area (Å²) in [6.07, 6.45) is 0. The zero-order valence-electron chi connectivity index (χ0n) is 10.7. The van der Waals surface area contributed by atoms with Gasteiger partial charge in [0, 0.05) is 7.11 Å². The van der Waals surface area contributed by atoms with Gasteiger partial charge in [-0.25, -0.2) is 0 Å². The van der Waals surface area contributed by atoms with E-state index in [0.29, 0.717) is 0 Å². The Hall–Kier alpha value is -1.13. The molecular formula is C13H18N2OS. The number of aromatic nitrogens is 2. The molecule has 4 heteroatoms. The highest BCUT2D eigenvalue weighted by molar-refractivity contribution is 7.71. The van der Waals surface area contributed by atoms with Gasteiger partial charge in [0.05, 0.1) is 23.2 Å². The summed E-state index contributed by atoms with van der Waals surface area (Å²) in [5, 5.41) is 0. The molecule has 1 N–H and O–H groups in total. The quantitative estimate of drug-likeness (QED) is 0.846. The third-order valence-corrected chi connectivity index (χ3v) is 3.34. The Balaban J connectivity index is 2.56. The minimum Gasteiger partial charge on any atom is -0.377 e. The van der Waals surface area contributed by atoms with Crippen LogP contribution in [0.1, 0.15) is 19.4 Å². The average Bonchev–Trinajstić information content (AvgIpc) is 2.56. The Kier molecular flexibility index (Phi) is 3.10. The van der Waals surface area contributed by atoms with E-state index in [4.69, 9.17) is 17.0 Å². The molecule has 0 spiro atoms. The second kappa shape index (κ2) is 4.27. The van der Waals surface area contributed by atoms with Gasteiger partial charge in [0.2, 0.25) is 0 Å². The lowest BCUT2D eigenvalue weighted by atomic mass is 10.1. The Morgan fingerprint density at radius 2 is 2.12 bits per heavy atom. The van der Waals surface area contributed by atoms with Crippen LogP contribution in [-0.4, -0.2) is 22.3 Å². The molecule has 0 unspecified atom stereocenters. The fraction of sp³-hybridized carbons (Fsp3) is 0.462. The topological polar surface area (TPSA) is 29.9 Å². The van der Waals surface area contributed by atoms with Gasteiger partial charge in [-0.2, -0.15) is 0 Å². The van der Waals surface area contributed by atoms with Gasteiger partial charge in [-0.3, -0.25) is 0 Å². The van der Waals surface area contributed by atoms with Gasteiger partial charge in [-0.05, 0) is 50.7 Å². The maximum absolute atomic E-state index is 5.46. The number of nitrogens with zero attached hydrogens (tertiary/aromatic N) is 1. The van der Waals surface area contributed by atoms with Gasteiger partial charge in [0.25, 0.3) is 0 Å². The molecule has 0 aliphatic carbocycles. The van der Waals surface area contributed by atoms with Crippen molar-refractivity contribution in [1.82, 2.24) is 9.55 Å². The first-order valence-electron chi connectivity index (χ1n) is 5.67. The SMILES string of the molecule is COC(C)(C)Cn1c(=S)[nH]c2ccc(C)cc21. The van der Waals surface area contributed by atoms with Crippen LogP contribution >= 0.6 is 12.2 Å². The number of hydrogen-bond donors (Lipinski definition) is 1. The number of aromatic amines is 1. The zero-order valence-corrected chi connectivity index (χ0v) is 11.5. The predicted octanol–water partition coefficient (Wildman–Crippen LogP) is 3.43. The zero-order chi connectivity index (χ0) is 12.6. The van der Waals surface area contributed by atoms with E-state index in [1.165, 1.54) is 5.56 Å². The first-order valence-corrected chi connectivity index (χ1v) is 6.08. The summed E-state index contributed by atoms with van der Waals surface area (Å²) in [5.41, 5.74) is 3.22. The van der Waals surface area contributed by atoms with Crippen molar-refractivity contribution >= 4 is 23.3 Å². The summed E-state index contributed by atoms with van der Waals surface area (Å²) >= 11 is 5.36. The monoisotopic (exact) mass is 250 g/mol. The minimum absolute atomic E-state index is 0.225. The molecule has 0 bridgehead atoms. The maximum Gasteiger partial charge on any atom is 0.178 e. The number of rotatable bonds is 3. The van der Waals surface area contributed by atoms with Crippen molar-refractivity contribution in [3.8, 4) is 0 Å². The number of H-pyrrole nitrogens is 1. The van der Waals surface area contributed by atoms with Crippen LogP contribution in [0, 0.1) is 11.7 Å². The van der Waals surface area contributed by atoms with E-state index < -0.39 is 0 Å². The molecule has 0 saturated carbocycles. The minimum atomic E-state index is -0.225. The average molecular weight is 250 g/mol. The molecule has 0 aliphatic heterocycles. The molecule has 3 nitrogen and oxygen atoms in total. The number of ether oxygens (including phenoxy) is 1. The van der Waals surface area contributed by atoms with Crippen molar-refractivity contribution in [3.63, 3.8) is 0 Å². The number of nitrogens with one attached hydrogen (secondary N) is 1. The lowest BCUT2D eigenvalue weighted by Crippen LogP contribution is -2.29. The molecule has 0 aliphatic rings. The summed E-state index contributed by atoms with van der Waals surface area (Å²) in [4.78, 5) is 3.22. The van der Waals surface area contributed by atoms with Crippen molar-refractivity contribution in [3.05, 3.63) is 28.5 Å². The Labute approximate surface area is 106 Å². The van der Waals surface area contributed by atoms with E-state index >= 15 is 0 Å². The standard InChI is InChI=1S/C13H18N2OS/c1-9-5-6-10-11(7-9)15(12(17)14-10)8-13(2,3)16-4/h5-7H,8H2,1-4H3,(H,14,17). The smallest absolute Gasteiger partial charge is 0.178 e. The molecule has 0 amide bonds. The number of benzene rings is 1. The molecule has 1 aromatic heterocycles. The van der Waals surface area contributed by atoms with Crippen LogP contribution in [0.4, 0.5) is 0 Å². The van der Waals surface area contributed by atoms with Crippen LogP contribution in [0.25, 0.3) is 11.0 Å². The summed E-state index contributed by atoms with van der Waals surface area (Å²) in [7, 11) is 1.73. The Bertz CT molecular complexity index is 595. The molecule has 1 heterocycles. The van der Waals surface area contributed by atoms with E-state index in [-0.39, 0.29) is 5.60 Å². The summed E-state index contributed by atoms with van der Waals surface area (Å²) < 4.78 is 8.31. The Morgan fingerprint density at radius 3 is 2.76 bits per heavy atom. The van der Waals surface area contributed by atoms with E-state index in [2.05, 4.69) is 48.5 Å². The van der Waals surface area contributed by atoms with Crippen molar-refractivity contribution in [2.24, 2.45) is 0 Å². The van der Waals surface area contributed by atoms with Crippen molar-refractivity contribution in [1.29, 1.82) is 0 Å². The molecule has 92 valence electrons. The van der Waals surface area contributed by atoms with Gasteiger partial charge in [0.1, 0.15) is 0 Å². The van der Waals surface area contributed by atoms with Crippen LogP contribution in [0.5, 0.6) is 0 Å². The fourth-order valence-electron chi connectivity index (χ4n) is 1.87. The lowest BCUT2D eigenvalue weighted by Gasteiger charge is -2.23. The number of aryl methyl sites for hydroxylation is 1. The van der Waals surface area contributed by atoms with Crippen molar-refractivity contribution in [2.45, 2.75) is 32.9 Å². The van der Waals surface area contributed by atoms with Crippen molar-refractivity contribution < 1.29 is 4.74 Å². The molecule has 2 rings (SSSR count). The maximum atomic E-state index is 5.46.